The molecule has 0 saturated carbocycles. The fourth-order valence-corrected chi connectivity index (χ4v) is 5.57. The number of hydrogen-bond donors (Lipinski definition) is 3. The topological polar surface area (TPSA) is 195 Å². The highest BCUT2D eigenvalue weighted by atomic mass is 31.2. The Labute approximate surface area is 207 Å². The van der Waals surface area contributed by atoms with E-state index in [4.69, 9.17) is 20.7 Å². The van der Waals surface area contributed by atoms with Crippen molar-refractivity contribution in [1.29, 1.82) is 0 Å². The second kappa shape index (κ2) is 11.7. The molecule has 0 aliphatic carbocycles. The maximum Gasteiger partial charge on any atom is 0.309 e. The molecular formula is C22H28N7O6P. The molecule has 0 bridgehead atoms. The monoisotopic (exact) mass is 517 g/mol. The number of esters is 2. The number of carbonyl (C=O) groups is 2. The van der Waals surface area contributed by atoms with E-state index < -0.39 is 25.2 Å². The number of aromatic nitrogens is 4. The molecule has 3 rings (SSSR count). The van der Waals surface area contributed by atoms with Gasteiger partial charge in [0.2, 0.25) is 13.3 Å². The van der Waals surface area contributed by atoms with Gasteiger partial charge in [0.25, 0.3) is 0 Å². The van der Waals surface area contributed by atoms with E-state index in [9.17, 15) is 14.2 Å². The van der Waals surface area contributed by atoms with Crippen molar-refractivity contribution in [1.82, 2.24) is 19.9 Å². The average molecular weight is 517 g/mol. The zero-order valence-electron chi connectivity index (χ0n) is 20.1. The standard InChI is InChI=1S/C22H28N7O6P/c1-33-17(30)9-4-13(21(31)34-2)12-36(32,35-3)16-7-5-14(6-8-16)25-10-15-11-26-20-18(27-15)19(23)28-22(24)29-20/h5-8,11,13,25H,4,9-10,12H2,1-3H3,(H4,23,24,26,28,29). The fourth-order valence-electron chi connectivity index (χ4n) is 3.49. The molecule has 0 amide bonds. The first kappa shape index (κ1) is 26.8. The molecule has 2 atom stereocenters. The van der Waals surface area contributed by atoms with Gasteiger partial charge in [-0.05, 0) is 30.7 Å². The number of fused-ring (bicyclic) bond motifs is 1. The Morgan fingerprint density at radius 1 is 1.06 bits per heavy atom. The van der Waals surface area contributed by atoms with Crippen molar-refractivity contribution in [3.63, 3.8) is 0 Å². The van der Waals surface area contributed by atoms with Crippen molar-refractivity contribution in [2.75, 3.05) is 44.3 Å². The maximum absolute atomic E-state index is 13.6. The number of nitrogens with zero attached hydrogens (tertiary/aromatic N) is 4. The van der Waals surface area contributed by atoms with Gasteiger partial charge in [0, 0.05) is 30.7 Å². The molecule has 192 valence electrons. The van der Waals surface area contributed by atoms with Crippen LogP contribution in [0.5, 0.6) is 0 Å². The highest BCUT2D eigenvalue weighted by Gasteiger charge is 2.33. The Kier molecular flexibility index (Phi) is 8.73. The van der Waals surface area contributed by atoms with E-state index in [1.54, 1.807) is 30.5 Å². The van der Waals surface area contributed by atoms with Crippen molar-refractivity contribution >= 4 is 53.2 Å². The molecule has 2 aromatic heterocycles. The molecule has 3 aromatic rings. The molecule has 14 heteroatoms. The van der Waals surface area contributed by atoms with Crippen LogP contribution in [0.1, 0.15) is 18.5 Å². The lowest BCUT2D eigenvalue weighted by Crippen LogP contribution is -2.24. The number of rotatable bonds is 11. The van der Waals surface area contributed by atoms with E-state index in [1.807, 2.05) is 0 Å². The number of methoxy groups -OCH3 is 2. The molecule has 13 nitrogen and oxygen atoms in total. The third-order valence-corrected chi connectivity index (χ3v) is 8.05. The molecule has 0 aliphatic rings. The van der Waals surface area contributed by atoms with Gasteiger partial charge >= 0.3 is 11.9 Å². The van der Waals surface area contributed by atoms with Crippen LogP contribution in [0, 0.1) is 5.92 Å². The highest BCUT2D eigenvalue weighted by molar-refractivity contribution is 7.67. The van der Waals surface area contributed by atoms with Crippen molar-refractivity contribution in [2.24, 2.45) is 5.92 Å². The van der Waals surface area contributed by atoms with Crippen LogP contribution >= 0.6 is 7.37 Å². The number of hydrogen-bond acceptors (Lipinski definition) is 13. The largest absolute Gasteiger partial charge is 0.469 e. The Bertz CT molecular complexity index is 1290. The summed E-state index contributed by atoms with van der Waals surface area (Å²) in [6.07, 6.45) is 1.56. The summed E-state index contributed by atoms with van der Waals surface area (Å²) < 4.78 is 28.4. The Balaban J connectivity index is 1.70. The first-order valence-corrected chi connectivity index (χ1v) is 12.7. The lowest BCUT2D eigenvalue weighted by Gasteiger charge is -2.22. The SMILES string of the molecule is COC(=O)CCC(CP(=O)(OC)c1ccc(NCc2cnc3nc(N)nc(N)c3n2)cc1)C(=O)OC. The molecule has 1 aromatic carbocycles. The van der Waals surface area contributed by atoms with Crippen molar-refractivity contribution < 1.29 is 28.2 Å². The smallest absolute Gasteiger partial charge is 0.309 e. The zero-order valence-corrected chi connectivity index (χ0v) is 21.0. The molecule has 0 fully saturated rings. The number of ether oxygens (including phenoxy) is 2. The van der Waals surface area contributed by atoms with E-state index in [0.717, 1.165) is 5.69 Å². The Hall–Kier alpha value is -3.83. The summed E-state index contributed by atoms with van der Waals surface area (Å²) in [4.78, 5) is 40.3. The second-order valence-corrected chi connectivity index (χ2v) is 10.4. The van der Waals surface area contributed by atoms with Crippen molar-refractivity contribution in [2.45, 2.75) is 19.4 Å². The molecule has 0 spiro atoms. The van der Waals surface area contributed by atoms with Crippen molar-refractivity contribution in [3.05, 3.63) is 36.2 Å². The number of nitrogen functional groups attached to an aromatic ring is 2. The summed E-state index contributed by atoms with van der Waals surface area (Å²) in [7, 11) is 0.403. The van der Waals surface area contributed by atoms with Crippen LogP contribution in [-0.4, -0.2) is 59.4 Å². The average Bonchev–Trinajstić information content (AvgIpc) is 2.89. The summed E-state index contributed by atoms with van der Waals surface area (Å²) in [5.41, 5.74) is 13.4. The number of nitrogens with one attached hydrogen (secondary N) is 1. The highest BCUT2D eigenvalue weighted by Crippen LogP contribution is 2.47. The first-order valence-electron chi connectivity index (χ1n) is 10.9. The van der Waals surface area contributed by atoms with E-state index >= 15 is 0 Å². The van der Waals surface area contributed by atoms with Crippen LogP contribution in [0.15, 0.2) is 30.5 Å². The zero-order chi connectivity index (χ0) is 26.3. The lowest BCUT2D eigenvalue weighted by molar-refractivity contribution is -0.146. The number of carbonyl (C=O) groups excluding carboxylic acids is 2. The van der Waals surface area contributed by atoms with Crippen LogP contribution < -0.4 is 22.1 Å². The number of anilines is 3. The molecule has 2 unspecified atom stereocenters. The molecule has 0 saturated heterocycles. The Morgan fingerprint density at radius 3 is 2.42 bits per heavy atom. The van der Waals surface area contributed by atoms with Gasteiger partial charge in [0.05, 0.1) is 38.6 Å². The molecule has 2 heterocycles. The minimum absolute atomic E-state index is 0.00827. The predicted molar refractivity (Wildman–Crippen MR) is 134 cm³/mol. The molecular weight excluding hydrogens is 489 g/mol. The summed E-state index contributed by atoms with van der Waals surface area (Å²) in [5, 5.41) is 3.62. The van der Waals surface area contributed by atoms with E-state index in [-0.39, 0.29) is 30.8 Å². The third kappa shape index (κ3) is 6.43. The van der Waals surface area contributed by atoms with Crippen LogP contribution in [-0.2, 0) is 34.7 Å². The van der Waals surface area contributed by atoms with E-state index in [2.05, 4.69) is 30.0 Å². The van der Waals surface area contributed by atoms with E-state index in [1.165, 1.54) is 21.3 Å². The summed E-state index contributed by atoms with van der Waals surface area (Å²) in [6.45, 7) is 0.325. The van der Waals surface area contributed by atoms with Gasteiger partial charge in [-0.2, -0.15) is 9.97 Å². The summed E-state index contributed by atoms with van der Waals surface area (Å²) in [5.74, 6) is -1.67. The second-order valence-electron chi connectivity index (χ2n) is 7.77. The maximum atomic E-state index is 13.6. The third-order valence-electron chi connectivity index (χ3n) is 5.45. The number of nitrogens with two attached hydrogens (primary N) is 2. The van der Waals surface area contributed by atoms with Gasteiger partial charge in [0.1, 0.15) is 0 Å². The van der Waals surface area contributed by atoms with Crippen LogP contribution in [0.4, 0.5) is 17.5 Å². The fraction of sp³-hybridized carbons (Fsp3) is 0.364. The molecule has 0 radical (unpaired) electrons. The van der Waals surface area contributed by atoms with Gasteiger partial charge in [0.15, 0.2) is 17.0 Å². The molecule has 36 heavy (non-hydrogen) atoms. The summed E-state index contributed by atoms with van der Waals surface area (Å²) >= 11 is 0. The van der Waals surface area contributed by atoms with Crippen LogP contribution in [0.2, 0.25) is 0 Å². The van der Waals surface area contributed by atoms with Crippen LogP contribution in [0.25, 0.3) is 11.2 Å². The normalized spacial score (nSPS) is 13.5. The minimum atomic E-state index is -3.42. The van der Waals surface area contributed by atoms with E-state index in [0.29, 0.717) is 28.7 Å². The molecule has 5 N–H and O–H groups in total. The molecule has 0 aliphatic heterocycles. The predicted octanol–water partition coefficient (Wildman–Crippen LogP) is 1.49. The first-order chi connectivity index (χ1) is 17.2. The van der Waals surface area contributed by atoms with Gasteiger partial charge in [-0.1, -0.05) is 0 Å². The lowest BCUT2D eigenvalue weighted by atomic mass is 10.1. The van der Waals surface area contributed by atoms with Gasteiger partial charge in [-0.3, -0.25) is 14.2 Å². The van der Waals surface area contributed by atoms with Crippen molar-refractivity contribution in [3.8, 4) is 0 Å². The summed E-state index contributed by atoms with van der Waals surface area (Å²) in [6, 6.07) is 6.77. The number of benzene rings is 1. The van der Waals surface area contributed by atoms with Gasteiger partial charge in [-0.15, -0.1) is 0 Å². The van der Waals surface area contributed by atoms with Gasteiger partial charge < -0.3 is 30.8 Å². The quantitative estimate of drug-likeness (QED) is 0.245. The van der Waals surface area contributed by atoms with Gasteiger partial charge in [-0.25, -0.2) is 9.97 Å². The van der Waals surface area contributed by atoms with Crippen LogP contribution in [0.3, 0.4) is 0 Å². The minimum Gasteiger partial charge on any atom is -0.469 e. The Morgan fingerprint density at radius 2 is 1.78 bits per heavy atom.